The number of alkyl halides is 1. The monoisotopic (exact) mass is 433 g/mol. The molecule has 3 atom stereocenters. The highest BCUT2D eigenvalue weighted by Gasteiger charge is 2.47. The van der Waals surface area contributed by atoms with Gasteiger partial charge in [-0.15, -0.1) is 11.8 Å². The van der Waals surface area contributed by atoms with Gasteiger partial charge in [-0.25, -0.2) is 9.18 Å². The van der Waals surface area contributed by atoms with Crippen LogP contribution in [0.4, 0.5) is 9.18 Å². The van der Waals surface area contributed by atoms with Crippen molar-refractivity contribution in [2.75, 3.05) is 18.8 Å². The third-order valence-electron chi connectivity index (χ3n) is 6.39. The maximum atomic E-state index is 13.8. The van der Waals surface area contributed by atoms with Crippen molar-refractivity contribution in [2.45, 2.75) is 56.1 Å². The molecule has 2 aliphatic heterocycles. The highest BCUT2D eigenvalue weighted by Crippen LogP contribution is 2.33. The number of piperidine rings is 1. The van der Waals surface area contributed by atoms with E-state index in [0.29, 0.717) is 44.5 Å². The molecule has 0 bridgehead atoms. The van der Waals surface area contributed by atoms with Crippen LogP contribution in [0.1, 0.15) is 37.7 Å². The second-order valence-corrected chi connectivity index (χ2v) is 9.36. The summed E-state index contributed by atoms with van der Waals surface area (Å²) in [6.45, 7) is 1.07. The van der Waals surface area contributed by atoms with Gasteiger partial charge in [-0.3, -0.25) is 14.5 Å². The van der Waals surface area contributed by atoms with Gasteiger partial charge < -0.3 is 10.2 Å². The molecule has 0 radical (unpaired) electrons. The molecule has 2 saturated heterocycles. The van der Waals surface area contributed by atoms with Gasteiger partial charge in [0.25, 0.3) is 0 Å². The van der Waals surface area contributed by atoms with E-state index >= 15 is 0 Å². The van der Waals surface area contributed by atoms with E-state index in [0.717, 1.165) is 5.75 Å². The third-order valence-corrected chi connectivity index (χ3v) is 7.38. The number of urea groups is 1. The van der Waals surface area contributed by atoms with Crippen molar-refractivity contribution in [1.82, 2.24) is 15.1 Å². The van der Waals surface area contributed by atoms with Crippen LogP contribution in [-0.2, 0) is 15.3 Å². The van der Waals surface area contributed by atoms with E-state index < -0.39 is 12.1 Å². The number of nitrogens with one attached hydrogen (secondary N) is 1. The molecule has 6 nitrogen and oxygen atoms in total. The lowest BCUT2D eigenvalue weighted by molar-refractivity contribution is -0.140. The van der Waals surface area contributed by atoms with E-state index in [-0.39, 0.29) is 36.3 Å². The molecule has 2 heterocycles. The first kappa shape index (κ1) is 21.2. The Bertz CT molecular complexity index is 785. The summed E-state index contributed by atoms with van der Waals surface area (Å²) >= 11 is 1.59. The topological polar surface area (TPSA) is 69.7 Å². The van der Waals surface area contributed by atoms with E-state index in [2.05, 4.69) is 5.32 Å². The SMILES string of the molecule is O=C(CSCc1ccccc1)N1CCC(N2C(=O)NC3CCC(F)CC3C2=O)CC1. The normalized spacial score (nSPS) is 27.6. The molecule has 1 N–H and O–H groups in total. The number of carbonyl (C=O) groups excluding carboxylic acids is 3. The van der Waals surface area contributed by atoms with Gasteiger partial charge >= 0.3 is 6.03 Å². The third kappa shape index (κ3) is 4.63. The van der Waals surface area contributed by atoms with Gasteiger partial charge in [-0.2, -0.15) is 0 Å². The summed E-state index contributed by atoms with van der Waals surface area (Å²) in [6.07, 6.45) is 1.29. The summed E-state index contributed by atoms with van der Waals surface area (Å²) in [7, 11) is 0. The summed E-state index contributed by atoms with van der Waals surface area (Å²) < 4.78 is 13.8. The largest absolute Gasteiger partial charge is 0.342 e. The van der Waals surface area contributed by atoms with Crippen LogP contribution in [0.25, 0.3) is 0 Å². The van der Waals surface area contributed by atoms with Crippen LogP contribution in [0.5, 0.6) is 0 Å². The van der Waals surface area contributed by atoms with Crippen molar-refractivity contribution in [3.8, 4) is 0 Å². The number of benzene rings is 1. The van der Waals surface area contributed by atoms with Crippen LogP contribution in [0.3, 0.4) is 0 Å². The Morgan fingerprint density at radius 2 is 1.83 bits per heavy atom. The lowest BCUT2D eigenvalue weighted by Crippen LogP contribution is -2.65. The van der Waals surface area contributed by atoms with Crippen LogP contribution in [0.2, 0.25) is 0 Å². The van der Waals surface area contributed by atoms with Crippen LogP contribution in [0, 0.1) is 5.92 Å². The number of rotatable bonds is 5. The van der Waals surface area contributed by atoms with Crippen molar-refractivity contribution >= 4 is 29.6 Å². The van der Waals surface area contributed by atoms with Crippen molar-refractivity contribution in [1.29, 1.82) is 0 Å². The van der Waals surface area contributed by atoms with Gasteiger partial charge in [-0.1, -0.05) is 30.3 Å². The molecule has 4 amide bonds. The van der Waals surface area contributed by atoms with Crippen LogP contribution < -0.4 is 5.32 Å². The Morgan fingerprint density at radius 1 is 1.10 bits per heavy atom. The van der Waals surface area contributed by atoms with Crippen LogP contribution in [-0.4, -0.2) is 64.7 Å². The summed E-state index contributed by atoms with van der Waals surface area (Å²) in [5.74, 6) is 0.611. The quantitative estimate of drug-likeness (QED) is 0.775. The highest BCUT2D eigenvalue weighted by molar-refractivity contribution is 7.99. The Labute approximate surface area is 180 Å². The molecule has 30 heavy (non-hydrogen) atoms. The number of halogens is 1. The number of likely N-dealkylation sites (tertiary alicyclic amines) is 1. The first-order valence-electron chi connectivity index (χ1n) is 10.7. The Hall–Kier alpha value is -2.09. The minimum absolute atomic E-state index is 0.0939. The lowest BCUT2D eigenvalue weighted by Gasteiger charge is -2.45. The number of hydrogen-bond donors (Lipinski definition) is 1. The molecule has 3 fully saturated rings. The minimum Gasteiger partial charge on any atom is -0.342 e. The van der Waals surface area contributed by atoms with Crippen molar-refractivity contribution < 1.29 is 18.8 Å². The summed E-state index contributed by atoms with van der Waals surface area (Å²) in [6, 6.07) is 9.23. The number of imide groups is 1. The number of thioether (sulfide) groups is 1. The van der Waals surface area contributed by atoms with Crippen molar-refractivity contribution in [2.24, 2.45) is 5.92 Å². The van der Waals surface area contributed by atoms with E-state index in [1.54, 1.807) is 11.8 Å². The Morgan fingerprint density at radius 3 is 2.57 bits per heavy atom. The zero-order valence-corrected chi connectivity index (χ0v) is 17.8. The summed E-state index contributed by atoms with van der Waals surface area (Å²) in [5, 5.41) is 2.91. The molecule has 3 aliphatic rings. The van der Waals surface area contributed by atoms with E-state index in [4.69, 9.17) is 0 Å². The number of amides is 4. The van der Waals surface area contributed by atoms with Crippen molar-refractivity contribution in [3.05, 3.63) is 35.9 Å². The number of carbonyl (C=O) groups is 3. The van der Waals surface area contributed by atoms with E-state index in [1.807, 2.05) is 35.2 Å². The second-order valence-electron chi connectivity index (χ2n) is 8.37. The maximum absolute atomic E-state index is 13.8. The zero-order valence-electron chi connectivity index (χ0n) is 17.0. The molecule has 0 spiro atoms. The fourth-order valence-corrected chi connectivity index (χ4v) is 5.60. The first-order valence-corrected chi connectivity index (χ1v) is 11.9. The average Bonchev–Trinajstić information content (AvgIpc) is 2.75. The highest BCUT2D eigenvalue weighted by atomic mass is 32.2. The zero-order chi connectivity index (χ0) is 21.1. The maximum Gasteiger partial charge on any atom is 0.324 e. The van der Waals surface area contributed by atoms with Crippen LogP contribution >= 0.6 is 11.8 Å². The van der Waals surface area contributed by atoms with Gasteiger partial charge in [0.1, 0.15) is 6.17 Å². The van der Waals surface area contributed by atoms with E-state index in [9.17, 15) is 18.8 Å². The standard InChI is InChI=1S/C22H28FN3O3S/c23-16-6-7-19-18(12-16)21(28)26(22(29)24-19)17-8-10-25(11-9-17)20(27)14-30-13-15-4-2-1-3-5-15/h1-5,16-19H,6-14H2,(H,24,29). The molecule has 8 heteroatoms. The number of hydrogen-bond acceptors (Lipinski definition) is 4. The smallest absolute Gasteiger partial charge is 0.324 e. The molecule has 4 rings (SSSR count). The first-order chi connectivity index (χ1) is 14.5. The van der Waals surface area contributed by atoms with Gasteiger partial charge in [-0.05, 0) is 37.7 Å². The molecular formula is C22H28FN3O3S. The predicted molar refractivity (Wildman–Crippen MR) is 114 cm³/mol. The summed E-state index contributed by atoms with van der Waals surface area (Å²) in [5.41, 5.74) is 1.19. The van der Waals surface area contributed by atoms with Gasteiger partial charge in [0.05, 0.1) is 11.7 Å². The molecular weight excluding hydrogens is 405 g/mol. The lowest BCUT2D eigenvalue weighted by atomic mass is 9.80. The average molecular weight is 434 g/mol. The molecule has 1 saturated carbocycles. The Balaban J connectivity index is 1.27. The number of fused-ring (bicyclic) bond motifs is 1. The molecule has 1 aromatic carbocycles. The molecule has 162 valence electrons. The number of nitrogens with zero attached hydrogens (tertiary/aromatic N) is 2. The second kappa shape index (κ2) is 9.37. The van der Waals surface area contributed by atoms with Crippen LogP contribution in [0.15, 0.2) is 30.3 Å². The Kier molecular flexibility index (Phi) is 6.61. The molecule has 0 aromatic heterocycles. The van der Waals surface area contributed by atoms with Gasteiger partial charge in [0, 0.05) is 30.9 Å². The van der Waals surface area contributed by atoms with Crippen molar-refractivity contribution in [3.63, 3.8) is 0 Å². The molecule has 1 aliphatic carbocycles. The fraction of sp³-hybridized carbons (Fsp3) is 0.591. The van der Waals surface area contributed by atoms with E-state index in [1.165, 1.54) is 10.5 Å². The van der Waals surface area contributed by atoms with Gasteiger partial charge in [0.2, 0.25) is 11.8 Å². The summed E-state index contributed by atoms with van der Waals surface area (Å²) in [4.78, 5) is 41.1. The minimum atomic E-state index is -0.972. The fourth-order valence-electron chi connectivity index (χ4n) is 4.71. The predicted octanol–water partition coefficient (Wildman–Crippen LogP) is 2.97. The molecule has 1 aromatic rings. The van der Waals surface area contributed by atoms with Gasteiger partial charge in [0.15, 0.2) is 0 Å². The molecule has 3 unspecified atom stereocenters.